The number of likely N-dealkylation sites (tertiary alicyclic amines) is 1. The number of hydrogen-bond donors (Lipinski definition) is 1. The zero-order valence-electron chi connectivity index (χ0n) is 15.0. The first-order valence-electron chi connectivity index (χ1n) is 7.86. The van der Waals surface area contributed by atoms with Crippen LogP contribution in [0.15, 0.2) is 23.3 Å². The molecule has 0 aromatic carbocycles. The fraction of sp³-hybridized carbons (Fsp3) is 0.647. The molecule has 23 heavy (non-hydrogen) atoms. The summed E-state index contributed by atoms with van der Waals surface area (Å²) in [6.45, 7) is 13.8. The van der Waals surface area contributed by atoms with Gasteiger partial charge in [0.2, 0.25) is 5.88 Å². The van der Waals surface area contributed by atoms with E-state index >= 15 is 0 Å². The van der Waals surface area contributed by atoms with Crippen molar-refractivity contribution in [3.05, 3.63) is 23.9 Å². The van der Waals surface area contributed by atoms with E-state index in [1.54, 1.807) is 13.3 Å². The van der Waals surface area contributed by atoms with Gasteiger partial charge >= 0.3 is 0 Å². The van der Waals surface area contributed by atoms with Crippen molar-refractivity contribution in [1.29, 1.82) is 0 Å². The Bertz CT molecular complexity index is 557. The van der Waals surface area contributed by atoms with Gasteiger partial charge in [-0.05, 0) is 32.4 Å². The summed E-state index contributed by atoms with van der Waals surface area (Å²) in [5.41, 5.74) is 1.49. The summed E-state index contributed by atoms with van der Waals surface area (Å²) < 4.78 is 5.16. The standard InChI is InChI=1S/C17H28N4O.HI/c1-7-18-15(21-12-16(2,3)17(21,4)5)20-11-13-8-9-19-14(10-13)22-6;/h8-10H,7,11-12H2,1-6H3,(H,18,20);1H. The van der Waals surface area contributed by atoms with E-state index in [0.29, 0.717) is 17.8 Å². The molecule has 1 aliphatic heterocycles. The highest BCUT2D eigenvalue weighted by molar-refractivity contribution is 14.0. The third-order valence-electron chi connectivity index (χ3n) is 4.89. The SMILES string of the molecule is CCNC(=NCc1ccnc(OC)c1)N1CC(C)(C)C1(C)C.I. The maximum atomic E-state index is 5.16. The molecule has 2 rings (SSSR count). The van der Waals surface area contributed by atoms with Gasteiger partial charge in [-0.15, -0.1) is 24.0 Å². The van der Waals surface area contributed by atoms with Gasteiger partial charge in [-0.3, -0.25) is 0 Å². The minimum Gasteiger partial charge on any atom is -0.481 e. The molecule has 0 spiro atoms. The molecule has 0 saturated carbocycles. The van der Waals surface area contributed by atoms with Crippen LogP contribution in [0.4, 0.5) is 0 Å². The van der Waals surface area contributed by atoms with Gasteiger partial charge in [0.25, 0.3) is 0 Å². The molecule has 0 aliphatic carbocycles. The maximum absolute atomic E-state index is 5.16. The predicted octanol–water partition coefficient (Wildman–Crippen LogP) is 3.29. The third kappa shape index (κ3) is 4.08. The highest BCUT2D eigenvalue weighted by atomic mass is 127. The van der Waals surface area contributed by atoms with E-state index in [9.17, 15) is 0 Å². The molecule has 5 nitrogen and oxygen atoms in total. The fourth-order valence-electron chi connectivity index (χ4n) is 2.62. The summed E-state index contributed by atoms with van der Waals surface area (Å²) in [5, 5.41) is 3.41. The summed E-state index contributed by atoms with van der Waals surface area (Å²) >= 11 is 0. The Labute approximate surface area is 156 Å². The van der Waals surface area contributed by atoms with Crippen molar-refractivity contribution in [3.8, 4) is 5.88 Å². The molecule has 0 atom stereocenters. The second-order valence-corrected chi connectivity index (χ2v) is 6.91. The molecule has 0 unspecified atom stereocenters. The Hall–Kier alpha value is -1.05. The number of methoxy groups -OCH3 is 1. The van der Waals surface area contributed by atoms with Crippen molar-refractivity contribution < 1.29 is 4.74 Å². The van der Waals surface area contributed by atoms with Crippen LogP contribution in [-0.2, 0) is 6.54 Å². The van der Waals surface area contributed by atoms with E-state index in [2.05, 4.69) is 49.8 Å². The minimum atomic E-state index is 0. The number of nitrogens with zero attached hydrogens (tertiary/aromatic N) is 3. The number of pyridine rings is 1. The summed E-state index contributed by atoms with van der Waals surface area (Å²) in [6, 6.07) is 3.90. The van der Waals surface area contributed by atoms with E-state index in [1.165, 1.54) is 0 Å². The fourth-order valence-corrected chi connectivity index (χ4v) is 2.62. The smallest absolute Gasteiger partial charge is 0.213 e. The number of hydrogen-bond acceptors (Lipinski definition) is 3. The molecule has 1 aromatic rings. The molecule has 0 bridgehead atoms. The van der Waals surface area contributed by atoms with Crippen LogP contribution in [0.3, 0.4) is 0 Å². The van der Waals surface area contributed by atoms with E-state index in [1.807, 2.05) is 12.1 Å². The average Bonchev–Trinajstić information content (AvgIpc) is 2.49. The zero-order chi connectivity index (χ0) is 16.4. The average molecular weight is 432 g/mol. The Morgan fingerprint density at radius 2 is 2.09 bits per heavy atom. The molecular formula is C17H29IN4O. The molecule has 0 amide bonds. The van der Waals surface area contributed by atoms with Crippen molar-refractivity contribution in [3.63, 3.8) is 0 Å². The number of rotatable bonds is 4. The van der Waals surface area contributed by atoms with Crippen LogP contribution in [0.25, 0.3) is 0 Å². The lowest BCUT2D eigenvalue weighted by molar-refractivity contribution is -0.0667. The molecule has 2 heterocycles. The van der Waals surface area contributed by atoms with Gasteiger partial charge in [-0.1, -0.05) is 13.8 Å². The quantitative estimate of drug-likeness (QED) is 0.451. The first-order chi connectivity index (χ1) is 10.3. The van der Waals surface area contributed by atoms with Gasteiger partial charge in [0.15, 0.2) is 5.96 Å². The van der Waals surface area contributed by atoms with Crippen molar-refractivity contribution >= 4 is 29.9 Å². The first-order valence-corrected chi connectivity index (χ1v) is 7.86. The van der Waals surface area contributed by atoms with Crippen LogP contribution in [0, 0.1) is 5.41 Å². The van der Waals surface area contributed by atoms with Crippen LogP contribution in [0.1, 0.15) is 40.2 Å². The number of halogens is 1. The number of nitrogens with one attached hydrogen (secondary N) is 1. The van der Waals surface area contributed by atoms with Gasteiger partial charge in [-0.25, -0.2) is 9.98 Å². The molecular weight excluding hydrogens is 403 g/mol. The van der Waals surface area contributed by atoms with E-state index in [0.717, 1.165) is 24.6 Å². The summed E-state index contributed by atoms with van der Waals surface area (Å²) in [7, 11) is 1.63. The zero-order valence-corrected chi connectivity index (χ0v) is 17.3. The van der Waals surface area contributed by atoms with Crippen molar-refractivity contribution in [2.24, 2.45) is 10.4 Å². The predicted molar refractivity (Wildman–Crippen MR) is 106 cm³/mol. The Balaban J connectivity index is 0.00000264. The molecule has 6 heteroatoms. The van der Waals surface area contributed by atoms with Gasteiger partial charge < -0.3 is 15.0 Å². The van der Waals surface area contributed by atoms with Crippen LogP contribution in [0.5, 0.6) is 5.88 Å². The topological polar surface area (TPSA) is 49.8 Å². The number of ether oxygens (including phenoxy) is 1. The molecule has 1 aliphatic rings. The second-order valence-electron chi connectivity index (χ2n) is 6.91. The Morgan fingerprint density at radius 3 is 2.61 bits per heavy atom. The largest absolute Gasteiger partial charge is 0.481 e. The second kappa shape index (κ2) is 7.68. The lowest BCUT2D eigenvalue weighted by Gasteiger charge is -2.62. The Morgan fingerprint density at radius 1 is 1.39 bits per heavy atom. The highest BCUT2D eigenvalue weighted by Gasteiger charge is 2.53. The number of aromatic nitrogens is 1. The molecule has 0 radical (unpaired) electrons. The van der Waals surface area contributed by atoms with Gasteiger partial charge in [0.1, 0.15) is 0 Å². The maximum Gasteiger partial charge on any atom is 0.213 e. The number of guanidine groups is 1. The Kier molecular flexibility index (Phi) is 6.68. The molecule has 1 fully saturated rings. The molecule has 1 N–H and O–H groups in total. The van der Waals surface area contributed by atoms with E-state index in [4.69, 9.17) is 9.73 Å². The molecule has 1 aromatic heterocycles. The summed E-state index contributed by atoms with van der Waals surface area (Å²) in [5.74, 6) is 1.60. The van der Waals surface area contributed by atoms with Crippen LogP contribution in [0.2, 0.25) is 0 Å². The van der Waals surface area contributed by atoms with E-state index < -0.39 is 0 Å². The highest BCUT2D eigenvalue weighted by Crippen LogP contribution is 2.46. The minimum absolute atomic E-state index is 0. The normalized spacial score (nSPS) is 18.7. The van der Waals surface area contributed by atoms with Crippen molar-refractivity contribution in [2.45, 2.75) is 46.7 Å². The molecule has 130 valence electrons. The first kappa shape index (κ1) is 20.0. The van der Waals surface area contributed by atoms with Crippen molar-refractivity contribution in [2.75, 3.05) is 20.2 Å². The number of aliphatic imine (C=N–C) groups is 1. The van der Waals surface area contributed by atoms with Crippen LogP contribution >= 0.6 is 24.0 Å². The van der Waals surface area contributed by atoms with Gasteiger partial charge in [0.05, 0.1) is 13.7 Å². The van der Waals surface area contributed by atoms with Gasteiger partial charge in [0, 0.05) is 36.3 Å². The third-order valence-corrected chi connectivity index (χ3v) is 4.89. The van der Waals surface area contributed by atoms with Gasteiger partial charge in [-0.2, -0.15) is 0 Å². The monoisotopic (exact) mass is 432 g/mol. The molecule has 1 saturated heterocycles. The lowest BCUT2D eigenvalue weighted by atomic mass is 9.65. The van der Waals surface area contributed by atoms with E-state index in [-0.39, 0.29) is 29.5 Å². The summed E-state index contributed by atoms with van der Waals surface area (Å²) in [6.07, 6.45) is 1.76. The lowest BCUT2D eigenvalue weighted by Crippen LogP contribution is -2.72. The van der Waals surface area contributed by atoms with Crippen molar-refractivity contribution in [1.82, 2.24) is 15.2 Å². The summed E-state index contributed by atoms with van der Waals surface area (Å²) in [4.78, 5) is 11.3. The van der Waals surface area contributed by atoms with Crippen LogP contribution < -0.4 is 10.1 Å². The van der Waals surface area contributed by atoms with Crippen LogP contribution in [-0.4, -0.2) is 41.6 Å².